The van der Waals surface area contributed by atoms with Gasteiger partial charge in [-0.05, 0) is 13.8 Å². The van der Waals surface area contributed by atoms with E-state index < -0.39 is 0 Å². The Bertz CT molecular complexity index is 437. The van der Waals surface area contributed by atoms with Gasteiger partial charge in [0.05, 0.1) is 10.7 Å². The lowest BCUT2D eigenvalue weighted by Gasteiger charge is -2.22. The Kier molecular flexibility index (Phi) is 10.7. The fourth-order valence-electron chi connectivity index (χ4n) is 2.17. The van der Waals surface area contributed by atoms with Crippen molar-refractivity contribution in [2.45, 2.75) is 32.7 Å². The van der Waals surface area contributed by atoms with Crippen LogP contribution in [0.25, 0.3) is 0 Å². The summed E-state index contributed by atoms with van der Waals surface area (Å²) in [5.74, 6) is 2.35. The second-order valence-electron chi connectivity index (χ2n) is 4.77. The zero-order valence-electron chi connectivity index (χ0n) is 12.3. The Morgan fingerprint density at radius 1 is 1.43 bits per heavy atom. The summed E-state index contributed by atoms with van der Waals surface area (Å²) in [4.78, 5) is 17.5. The van der Waals surface area contributed by atoms with Crippen LogP contribution in [0.1, 0.15) is 22.0 Å². The topological polar surface area (TPSA) is 54.0 Å². The van der Waals surface area contributed by atoms with E-state index in [9.17, 15) is 4.79 Å². The predicted molar refractivity (Wildman–Crippen MR) is 96.5 cm³/mol. The van der Waals surface area contributed by atoms with Crippen molar-refractivity contribution >= 4 is 53.8 Å². The quantitative estimate of drug-likeness (QED) is 0.833. The SMILES string of the molecule is Cc1nc(C)c(CCNC(=O)CC2CSCCN2)s1.Cl.Cl. The van der Waals surface area contributed by atoms with Gasteiger partial charge in [0.15, 0.2) is 0 Å². The van der Waals surface area contributed by atoms with Crippen molar-refractivity contribution in [1.82, 2.24) is 15.6 Å². The largest absolute Gasteiger partial charge is 0.356 e. The highest BCUT2D eigenvalue weighted by atomic mass is 35.5. The lowest BCUT2D eigenvalue weighted by Crippen LogP contribution is -2.41. The molecule has 0 aliphatic carbocycles. The van der Waals surface area contributed by atoms with Gasteiger partial charge in [0.25, 0.3) is 0 Å². The minimum Gasteiger partial charge on any atom is -0.356 e. The minimum absolute atomic E-state index is 0. The molecule has 8 heteroatoms. The van der Waals surface area contributed by atoms with Gasteiger partial charge in [0.1, 0.15) is 0 Å². The van der Waals surface area contributed by atoms with E-state index in [-0.39, 0.29) is 30.7 Å². The van der Waals surface area contributed by atoms with Gasteiger partial charge < -0.3 is 10.6 Å². The number of nitrogens with zero attached hydrogens (tertiary/aromatic N) is 1. The van der Waals surface area contributed by atoms with Gasteiger partial charge in [-0.1, -0.05) is 0 Å². The van der Waals surface area contributed by atoms with Gasteiger partial charge in [-0.3, -0.25) is 4.79 Å². The molecule has 0 spiro atoms. The van der Waals surface area contributed by atoms with E-state index in [1.807, 2.05) is 25.6 Å². The van der Waals surface area contributed by atoms with Crippen molar-refractivity contribution in [3.05, 3.63) is 15.6 Å². The highest BCUT2D eigenvalue weighted by Gasteiger charge is 2.16. The number of halogens is 2. The Hall–Kier alpha value is -0.0100. The zero-order chi connectivity index (χ0) is 13.7. The fourth-order valence-corrected chi connectivity index (χ4v) is 4.05. The van der Waals surface area contributed by atoms with Gasteiger partial charge in [0, 0.05) is 48.4 Å². The molecule has 1 saturated heterocycles. The summed E-state index contributed by atoms with van der Waals surface area (Å²) in [5.41, 5.74) is 1.10. The molecule has 122 valence electrons. The third kappa shape index (κ3) is 7.19. The molecule has 0 saturated carbocycles. The van der Waals surface area contributed by atoms with E-state index in [1.54, 1.807) is 11.3 Å². The van der Waals surface area contributed by atoms with Crippen molar-refractivity contribution < 1.29 is 4.79 Å². The summed E-state index contributed by atoms with van der Waals surface area (Å²) in [6.07, 6.45) is 1.48. The van der Waals surface area contributed by atoms with Crippen LogP contribution < -0.4 is 10.6 Å². The first-order chi connectivity index (χ1) is 9.15. The van der Waals surface area contributed by atoms with Crippen molar-refractivity contribution in [2.24, 2.45) is 0 Å². The molecule has 1 fully saturated rings. The number of carbonyl (C=O) groups excluding carboxylic acids is 1. The number of rotatable bonds is 5. The molecule has 0 aromatic carbocycles. The van der Waals surface area contributed by atoms with Crippen LogP contribution in [0.15, 0.2) is 0 Å². The van der Waals surface area contributed by atoms with Crippen LogP contribution in [0.3, 0.4) is 0 Å². The normalized spacial score (nSPS) is 17.5. The Balaban J connectivity index is 0.00000200. The molecule has 1 atom stereocenters. The van der Waals surface area contributed by atoms with Gasteiger partial charge in [0.2, 0.25) is 5.91 Å². The van der Waals surface area contributed by atoms with Gasteiger partial charge >= 0.3 is 0 Å². The summed E-state index contributed by atoms with van der Waals surface area (Å²) in [5, 5.41) is 7.49. The summed E-state index contributed by atoms with van der Waals surface area (Å²) in [6, 6.07) is 0.339. The minimum atomic E-state index is 0. The number of amides is 1. The molecule has 1 amide bonds. The molecule has 1 aromatic heterocycles. The van der Waals surface area contributed by atoms with Gasteiger partial charge in [-0.2, -0.15) is 11.8 Å². The van der Waals surface area contributed by atoms with E-state index in [4.69, 9.17) is 0 Å². The van der Waals surface area contributed by atoms with Gasteiger partial charge in [-0.15, -0.1) is 36.2 Å². The summed E-state index contributed by atoms with van der Waals surface area (Å²) in [6.45, 7) is 5.78. The van der Waals surface area contributed by atoms with Crippen LogP contribution in [0.4, 0.5) is 0 Å². The van der Waals surface area contributed by atoms with E-state index in [2.05, 4.69) is 15.6 Å². The predicted octanol–water partition coefficient (Wildman–Crippen LogP) is 2.36. The van der Waals surface area contributed by atoms with Crippen LogP contribution in [0.5, 0.6) is 0 Å². The van der Waals surface area contributed by atoms with E-state index in [0.717, 1.165) is 35.2 Å². The van der Waals surface area contributed by atoms with Crippen LogP contribution in [-0.2, 0) is 11.2 Å². The first kappa shape index (κ1) is 21.0. The van der Waals surface area contributed by atoms with E-state index in [0.29, 0.717) is 19.0 Å². The molecule has 1 aliphatic rings. The van der Waals surface area contributed by atoms with Gasteiger partial charge in [-0.25, -0.2) is 4.98 Å². The second kappa shape index (κ2) is 10.7. The smallest absolute Gasteiger partial charge is 0.221 e. The molecule has 2 heterocycles. The number of hydrogen-bond donors (Lipinski definition) is 2. The summed E-state index contributed by atoms with van der Waals surface area (Å²) < 4.78 is 0. The molecule has 1 aromatic rings. The standard InChI is InChI=1S/C13H21N3OS2.2ClH/c1-9-12(19-10(2)16-9)3-4-15-13(17)7-11-8-18-6-5-14-11;;/h11,14H,3-8H2,1-2H3,(H,15,17);2*1H. The molecule has 2 N–H and O–H groups in total. The van der Waals surface area contributed by atoms with Crippen LogP contribution in [0.2, 0.25) is 0 Å². The maximum absolute atomic E-state index is 11.8. The maximum Gasteiger partial charge on any atom is 0.221 e. The van der Waals surface area contributed by atoms with Crippen molar-refractivity contribution in [3.63, 3.8) is 0 Å². The van der Waals surface area contributed by atoms with E-state index in [1.165, 1.54) is 4.88 Å². The van der Waals surface area contributed by atoms with E-state index >= 15 is 0 Å². The third-order valence-electron chi connectivity index (χ3n) is 3.10. The number of carbonyl (C=O) groups is 1. The zero-order valence-corrected chi connectivity index (χ0v) is 15.6. The molecule has 0 bridgehead atoms. The second-order valence-corrected chi connectivity index (χ2v) is 7.21. The first-order valence-corrected chi connectivity index (χ1v) is 8.63. The molecule has 21 heavy (non-hydrogen) atoms. The molecule has 0 radical (unpaired) electrons. The highest BCUT2D eigenvalue weighted by Crippen LogP contribution is 2.17. The maximum atomic E-state index is 11.8. The number of thioether (sulfide) groups is 1. The highest BCUT2D eigenvalue weighted by molar-refractivity contribution is 7.99. The Labute approximate surface area is 147 Å². The van der Waals surface area contributed by atoms with Crippen molar-refractivity contribution in [2.75, 3.05) is 24.6 Å². The number of aryl methyl sites for hydroxylation is 2. The number of aromatic nitrogens is 1. The summed E-state index contributed by atoms with van der Waals surface area (Å²) >= 11 is 3.64. The summed E-state index contributed by atoms with van der Waals surface area (Å²) in [7, 11) is 0. The Morgan fingerprint density at radius 2 is 2.19 bits per heavy atom. The van der Waals surface area contributed by atoms with Crippen molar-refractivity contribution in [3.8, 4) is 0 Å². The number of thiazole rings is 1. The monoisotopic (exact) mass is 371 g/mol. The average Bonchev–Trinajstić information content (AvgIpc) is 2.69. The van der Waals surface area contributed by atoms with Crippen molar-refractivity contribution in [1.29, 1.82) is 0 Å². The van der Waals surface area contributed by atoms with Crippen LogP contribution in [-0.4, -0.2) is 41.5 Å². The fraction of sp³-hybridized carbons (Fsp3) is 0.692. The molecule has 1 aliphatic heterocycles. The molecule has 1 unspecified atom stereocenters. The first-order valence-electron chi connectivity index (χ1n) is 6.66. The number of hydrogen-bond acceptors (Lipinski definition) is 5. The molecule has 2 rings (SSSR count). The third-order valence-corrected chi connectivity index (χ3v) is 5.37. The lowest BCUT2D eigenvalue weighted by molar-refractivity contribution is -0.121. The van der Waals surface area contributed by atoms with Crippen LogP contribution in [0, 0.1) is 13.8 Å². The molecular formula is C13H23Cl2N3OS2. The Morgan fingerprint density at radius 3 is 2.76 bits per heavy atom. The average molecular weight is 372 g/mol. The lowest BCUT2D eigenvalue weighted by atomic mass is 10.2. The van der Waals surface area contributed by atoms with Crippen LogP contribution >= 0.6 is 47.9 Å². The molecule has 4 nitrogen and oxygen atoms in total. The molecular weight excluding hydrogens is 349 g/mol. The number of nitrogens with one attached hydrogen (secondary N) is 2.